The van der Waals surface area contributed by atoms with Crippen molar-refractivity contribution in [1.82, 2.24) is 4.98 Å². The molecule has 0 unspecified atom stereocenters. The summed E-state index contributed by atoms with van der Waals surface area (Å²) >= 11 is 0. The van der Waals surface area contributed by atoms with E-state index in [1.54, 1.807) is 43.3 Å². The second-order valence-electron chi connectivity index (χ2n) is 7.89. The van der Waals surface area contributed by atoms with Crippen molar-refractivity contribution < 1.29 is 13.2 Å². The maximum atomic E-state index is 12.8. The van der Waals surface area contributed by atoms with Crippen LogP contribution in [0, 0.1) is 13.8 Å². The van der Waals surface area contributed by atoms with Crippen LogP contribution in [0.1, 0.15) is 21.5 Å². The predicted molar refractivity (Wildman–Crippen MR) is 134 cm³/mol. The molecule has 0 fully saturated rings. The monoisotopic (exact) mass is 473 g/mol. The molecule has 0 aliphatic carbocycles. The van der Waals surface area contributed by atoms with Crippen LogP contribution in [-0.4, -0.2) is 19.3 Å². The minimum absolute atomic E-state index is 0.0524. The number of aromatic amines is 1. The maximum absolute atomic E-state index is 12.8. The topological polar surface area (TPSA) is 108 Å². The molecule has 7 nitrogen and oxygen atoms in total. The molecule has 4 rings (SSSR count). The van der Waals surface area contributed by atoms with E-state index in [0.717, 1.165) is 11.1 Å². The molecule has 34 heavy (non-hydrogen) atoms. The fourth-order valence-corrected chi connectivity index (χ4v) is 4.59. The highest BCUT2D eigenvalue weighted by atomic mass is 32.2. The van der Waals surface area contributed by atoms with E-state index in [2.05, 4.69) is 15.0 Å². The van der Waals surface area contributed by atoms with E-state index in [9.17, 15) is 18.0 Å². The van der Waals surface area contributed by atoms with Gasteiger partial charge in [0.1, 0.15) is 5.56 Å². The summed E-state index contributed by atoms with van der Waals surface area (Å²) in [4.78, 5) is 28.2. The molecule has 0 spiro atoms. The SMILES string of the molecule is Cc1cccc(-c2ccc(C(=O)Nc3ccc(C)c(NS(=O)(=O)c4ccccc4)c3)c(=O)[nH]2)c1. The number of rotatable bonds is 6. The van der Waals surface area contributed by atoms with E-state index in [1.807, 2.05) is 31.2 Å². The Morgan fingerprint density at radius 3 is 2.32 bits per heavy atom. The minimum atomic E-state index is -3.79. The van der Waals surface area contributed by atoms with Crippen molar-refractivity contribution >= 4 is 27.3 Å². The van der Waals surface area contributed by atoms with E-state index >= 15 is 0 Å². The van der Waals surface area contributed by atoms with Gasteiger partial charge in [-0.15, -0.1) is 0 Å². The Morgan fingerprint density at radius 2 is 1.62 bits per heavy atom. The lowest BCUT2D eigenvalue weighted by Gasteiger charge is -2.13. The first-order valence-corrected chi connectivity index (χ1v) is 12.0. The molecule has 1 aromatic heterocycles. The van der Waals surface area contributed by atoms with Crippen LogP contribution in [0.25, 0.3) is 11.3 Å². The van der Waals surface area contributed by atoms with E-state index in [1.165, 1.54) is 24.3 Å². The summed E-state index contributed by atoms with van der Waals surface area (Å²) in [6, 6.07) is 23.7. The van der Waals surface area contributed by atoms with Crippen LogP contribution < -0.4 is 15.6 Å². The van der Waals surface area contributed by atoms with Crippen molar-refractivity contribution in [2.75, 3.05) is 10.0 Å². The Morgan fingerprint density at radius 1 is 0.853 bits per heavy atom. The number of nitrogens with one attached hydrogen (secondary N) is 3. The molecule has 3 N–H and O–H groups in total. The van der Waals surface area contributed by atoms with Crippen LogP contribution in [0.3, 0.4) is 0 Å². The zero-order valence-electron chi connectivity index (χ0n) is 18.6. The molecule has 172 valence electrons. The zero-order valence-corrected chi connectivity index (χ0v) is 19.4. The van der Waals surface area contributed by atoms with Crippen LogP contribution in [0.4, 0.5) is 11.4 Å². The number of carbonyl (C=O) groups excluding carboxylic acids is 1. The molecule has 1 heterocycles. The average molecular weight is 474 g/mol. The van der Waals surface area contributed by atoms with Crippen LogP contribution in [0.15, 0.2) is 94.6 Å². The largest absolute Gasteiger partial charge is 0.322 e. The minimum Gasteiger partial charge on any atom is -0.322 e. The van der Waals surface area contributed by atoms with Crippen LogP contribution in [-0.2, 0) is 10.0 Å². The first-order chi connectivity index (χ1) is 16.2. The van der Waals surface area contributed by atoms with E-state index in [-0.39, 0.29) is 10.5 Å². The Kier molecular flexibility index (Phi) is 6.34. The molecule has 4 aromatic rings. The van der Waals surface area contributed by atoms with Gasteiger partial charge in [-0.05, 0) is 67.4 Å². The third-order valence-corrected chi connectivity index (χ3v) is 6.66. The summed E-state index contributed by atoms with van der Waals surface area (Å²) < 4.78 is 27.9. The number of benzene rings is 3. The molecule has 0 atom stereocenters. The van der Waals surface area contributed by atoms with Crippen molar-refractivity contribution in [2.45, 2.75) is 18.7 Å². The number of anilines is 2. The van der Waals surface area contributed by atoms with E-state index in [4.69, 9.17) is 0 Å². The fraction of sp³-hybridized carbons (Fsp3) is 0.0769. The van der Waals surface area contributed by atoms with Gasteiger partial charge >= 0.3 is 0 Å². The van der Waals surface area contributed by atoms with Gasteiger partial charge in [-0.25, -0.2) is 8.42 Å². The van der Waals surface area contributed by atoms with Crippen molar-refractivity contribution in [3.05, 3.63) is 112 Å². The Bertz CT molecular complexity index is 1530. The summed E-state index contributed by atoms with van der Waals surface area (Å²) in [7, 11) is -3.79. The number of H-pyrrole nitrogens is 1. The number of aryl methyl sites for hydroxylation is 2. The van der Waals surface area contributed by atoms with E-state index in [0.29, 0.717) is 22.6 Å². The quantitative estimate of drug-likeness (QED) is 0.377. The normalized spacial score (nSPS) is 11.1. The smallest absolute Gasteiger partial charge is 0.261 e. The molecule has 0 saturated heterocycles. The molecule has 8 heteroatoms. The number of amides is 1. The first kappa shape index (κ1) is 23.0. The molecule has 3 aromatic carbocycles. The lowest BCUT2D eigenvalue weighted by molar-refractivity contribution is 0.102. The standard InChI is InChI=1S/C26H23N3O4S/c1-17-7-6-8-19(15-17)23-14-13-22(26(31)28-23)25(30)27-20-12-11-18(2)24(16-20)29-34(32,33)21-9-4-3-5-10-21/h3-16,29H,1-2H3,(H,27,30)(H,28,31). The van der Waals surface area contributed by atoms with Crippen molar-refractivity contribution in [1.29, 1.82) is 0 Å². The molecule has 1 amide bonds. The summed E-state index contributed by atoms with van der Waals surface area (Å²) in [6.07, 6.45) is 0. The summed E-state index contributed by atoms with van der Waals surface area (Å²) in [6.45, 7) is 3.71. The molecule has 0 aliphatic heterocycles. The van der Waals surface area contributed by atoms with Gasteiger partial charge in [-0.1, -0.05) is 48.0 Å². The van der Waals surface area contributed by atoms with Gasteiger partial charge < -0.3 is 10.3 Å². The first-order valence-electron chi connectivity index (χ1n) is 10.5. The maximum Gasteiger partial charge on any atom is 0.261 e. The predicted octanol–water partition coefficient (Wildman–Crippen LogP) is 4.71. The van der Waals surface area contributed by atoms with Gasteiger partial charge in [0.15, 0.2) is 0 Å². The van der Waals surface area contributed by atoms with Crippen molar-refractivity contribution in [3.8, 4) is 11.3 Å². The second-order valence-corrected chi connectivity index (χ2v) is 9.57. The van der Waals surface area contributed by atoms with Gasteiger partial charge in [0.25, 0.3) is 21.5 Å². The van der Waals surface area contributed by atoms with Gasteiger partial charge in [0, 0.05) is 11.4 Å². The van der Waals surface area contributed by atoms with E-state index < -0.39 is 21.5 Å². The zero-order chi connectivity index (χ0) is 24.3. The number of pyridine rings is 1. The van der Waals surface area contributed by atoms with Crippen molar-refractivity contribution in [3.63, 3.8) is 0 Å². The summed E-state index contributed by atoms with van der Waals surface area (Å²) in [5.74, 6) is -0.599. The highest BCUT2D eigenvalue weighted by Gasteiger charge is 2.16. The molecule has 0 aliphatic rings. The van der Waals surface area contributed by atoms with Gasteiger partial charge in [-0.2, -0.15) is 0 Å². The number of aromatic nitrogens is 1. The molecule has 0 saturated carbocycles. The fourth-order valence-electron chi connectivity index (χ4n) is 3.44. The van der Waals surface area contributed by atoms with Crippen molar-refractivity contribution in [2.24, 2.45) is 0 Å². The van der Waals surface area contributed by atoms with Crippen LogP contribution >= 0.6 is 0 Å². The Labute approximate surface area is 197 Å². The van der Waals surface area contributed by atoms with Crippen LogP contribution in [0.5, 0.6) is 0 Å². The third kappa shape index (κ3) is 5.07. The number of hydrogen-bond acceptors (Lipinski definition) is 4. The summed E-state index contributed by atoms with van der Waals surface area (Å²) in [5, 5.41) is 2.67. The summed E-state index contributed by atoms with van der Waals surface area (Å²) in [5.41, 5.74) is 3.29. The van der Waals surface area contributed by atoms with Gasteiger partial charge in [0.05, 0.1) is 10.6 Å². The average Bonchev–Trinajstić information content (AvgIpc) is 2.81. The number of sulfonamides is 1. The lowest BCUT2D eigenvalue weighted by atomic mass is 10.1. The third-order valence-electron chi connectivity index (χ3n) is 5.28. The molecule has 0 bridgehead atoms. The van der Waals surface area contributed by atoms with Crippen LogP contribution in [0.2, 0.25) is 0 Å². The second kappa shape index (κ2) is 9.36. The molecular weight excluding hydrogens is 450 g/mol. The Hall–Kier alpha value is -4.17. The number of carbonyl (C=O) groups is 1. The highest BCUT2D eigenvalue weighted by Crippen LogP contribution is 2.24. The molecular formula is C26H23N3O4S. The van der Waals surface area contributed by atoms with Gasteiger partial charge in [0.2, 0.25) is 0 Å². The number of hydrogen-bond donors (Lipinski definition) is 3. The molecule has 0 radical (unpaired) electrons. The Balaban J connectivity index is 1.55. The van der Waals surface area contributed by atoms with Gasteiger partial charge in [-0.3, -0.25) is 14.3 Å². The lowest BCUT2D eigenvalue weighted by Crippen LogP contribution is -2.23. The highest BCUT2D eigenvalue weighted by molar-refractivity contribution is 7.92.